The number of ether oxygens (including phenoxy) is 1. The Balaban J connectivity index is 1.89. The van der Waals surface area contributed by atoms with Crippen LogP contribution in [0.2, 0.25) is 41.8 Å². The SMILES string of the molecule is CC(C)[Si]1(C(C)C)OC[C@H]2O[C@@H](n3cnc4c(N)ncnc43)[C@H](C#C[Si](C)(C)C)[C@@H]2O[Si](C(C)C)(C(C)C)O1. The molecule has 0 aliphatic carbocycles. The van der Waals surface area contributed by atoms with Crippen LogP contribution in [0.3, 0.4) is 0 Å². The Morgan fingerprint density at radius 1 is 0.949 bits per heavy atom. The first kappa shape index (κ1) is 30.4. The smallest absolute Gasteiger partial charge is 0.335 e. The summed E-state index contributed by atoms with van der Waals surface area (Å²) in [5.41, 5.74) is 11.9. The van der Waals surface area contributed by atoms with E-state index in [0.29, 0.717) is 23.6 Å². The fourth-order valence-electron chi connectivity index (χ4n) is 5.90. The molecule has 4 atom stereocenters. The van der Waals surface area contributed by atoms with Crippen molar-refractivity contribution in [3.63, 3.8) is 0 Å². The van der Waals surface area contributed by atoms with E-state index in [1.807, 2.05) is 4.57 Å². The van der Waals surface area contributed by atoms with Crippen LogP contribution in [0.25, 0.3) is 11.2 Å². The Hall–Kier alpha value is -1.60. The van der Waals surface area contributed by atoms with Crippen LogP contribution in [0.15, 0.2) is 12.7 Å². The van der Waals surface area contributed by atoms with Crippen LogP contribution in [0.5, 0.6) is 0 Å². The molecule has 2 saturated heterocycles. The molecule has 0 amide bonds. The van der Waals surface area contributed by atoms with Crippen LogP contribution in [-0.4, -0.2) is 63.5 Å². The Morgan fingerprint density at radius 2 is 1.56 bits per heavy atom. The summed E-state index contributed by atoms with van der Waals surface area (Å²) in [7, 11) is -7.21. The monoisotopic (exact) mass is 589 g/mol. The first-order valence-corrected chi connectivity index (χ1v) is 21.7. The second-order valence-corrected chi connectivity index (χ2v) is 26.8. The molecular weight excluding hydrogens is 543 g/mol. The zero-order valence-corrected chi connectivity index (χ0v) is 28.5. The summed E-state index contributed by atoms with van der Waals surface area (Å²) in [5, 5.41) is 0. The highest BCUT2D eigenvalue weighted by Crippen LogP contribution is 2.49. The Bertz CT molecular complexity index is 1220. The summed E-state index contributed by atoms with van der Waals surface area (Å²) >= 11 is 0. The lowest BCUT2D eigenvalue weighted by Crippen LogP contribution is -2.65. The molecule has 2 aliphatic heterocycles. The largest absolute Gasteiger partial charge is 0.414 e. The molecule has 0 unspecified atom stereocenters. The molecule has 4 heterocycles. The molecule has 2 aromatic heterocycles. The van der Waals surface area contributed by atoms with E-state index in [0.717, 1.165) is 0 Å². The average Bonchev–Trinajstić information content (AvgIpc) is 3.38. The zero-order valence-electron chi connectivity index (χ0n) is 25.5. The van der Waals surface area contributed by atoms with Gasteiger partial charge in [0.15, 0.2) is 17.7 Å². The molecule has 0 aromatic carbocycles. The van der Waals surface area contributed by atoms with E-state index < -0.39 is 31.4 Å². The van der Waals surface area contributed by atoms with Gasteiger partial charge in [0, 0.05) is 0 Å². The molecule has 0 spiro atoms. The minimum Gasteiger partial charge on any atom is -0.414 e. The van der Waals surface area contributed by atoms with Crippen LogP contribution in [0.1, 0.15) is 61.6 Å². The van der Waals surface area contributed by atoms with Gasteiger partial charge in [0.25, 0.3) is 0 Å². The number of rotatable bonds is 5. The number of nitrogens with zero attached hydrogens (tertiary/aromatic N) is 4. The predicted octanol–water partition coefficient (Wildman–Crippen LogP) is 5.76. The number of nitrogens with two attached hydrogens (primary N) is 1. The van der Waals surface area contributed by atoms with E-state index >= 15 is 0 Å². The number of aromatic nitrogens is 4. The van der Waals surface area contributed by atoms with Gasteiger partial charge in [-0.2, -0.15) is 0 Å². The highest BCUT2D eigenvalue weighted by molar-refractivity contribution is 6.84. The molecule has 39 heavy (non-hydrogen) atoms. The van der Waals surface area contributed by atoms with E-state index in [1.54, 1.807) is 6.33 Å². The maximum atomic E-state index is 7.41. The minimum absolute atomic E-state index is 0.218. The molecule has 2 fully saturated rings. The van der Waals surface area contributed by atoms with Crippen molar-refractivity contribution in [2.24, 2.45) is 5.92 Å². The summed E-state index contributed by atoms with van der Waals surface area (Å²) in [5.74, 6) is 3.72. The van der Waals surface area contributed by atoms with Crippen molar-refractivity contribution in [1.82, 2.24) is 19.5 Å². The van der Waals surface area contributed by atoms with Gasteiger partial charge in [-0.1, -0.05) is 81.0 Å². The molecule has 12 heteroatoms. The molecule has 216 valence electrons. The van der Waals surface area contributed by atoms with E-state index in [9.17, 15) is 0 Å². The number of hydrogen-bond donors (Lipinski definition) is 1. The Kier molecular flexibility index (Phi) is 8.56. The standard InChI is InChI=1S/C27H47N5O4Si3/c1-17(2)38(18(3)4)33-14-22-24(35-39(36-38,19(5)6)20(7)8)21(12-13-37(9,10)11)27(34-22)32-16-31-23-25(28)29-15-30-26(23)32/h15-22,24,27H,14H2,1-11H3,(H2,28,29,30)/t21-,22-,24+,27-/m1/s1. The van der Waals surface area contributed by atoms with Crippen LogP contribution < -0.4 is 5.73 Å². The highest BCUT2D eigenvalue weighted by Gasteiger charge is 2.61. The first-order valence-electron chi connectivity index (χ1n) is 14.3. The number of fused-ring (bicyclic) bond motifs is 2. The topological polar surface area (TPSA) is 107 Å². The van der Waals surface area contributed by atoms with Crippen molar-refractivity contribution in [3.8, 4) is 11.5 Å². The summed E-state index contributed by atoms with van der Waals surface area (Å²) in [4.78, 5) is 13.1. The third-order valence-electron chi connectivity index (χ3n) is 7.95. The average molecular weight is 590 g/mol. The van der Waals surface area contributed by atoms with Gasteiger partial charge in [-0.15, -0.1) is 5.54 Å². The van der Waals surface area contributed by atoms with Crippen LogP contribution in [-0.2, 0) is 17.7 Å². The normalized spacial score (nSPS) is 27.1. The number of imidazole rings is 1. The lowest BCUT2D eigenvalue weighted by atomic mass is 10.0. The van der Waals surface area contributed by atoms with E-state index in [-0.39, 0.29) is 40.3 Å². The van der Waals surface area contributed by atoms with Crippen LogP contribution >= 0.6 is 0 Å². The van der Waals surface area contributed by atoms with Gasteiger partial charge in [-0.3, -0.25) is 4.57 Å². The number of nitrogen functional groups attached to an aromatic ring is 1. The Labute approximate surface area is 237 Å². The van der Waals surface area contributed by atoms with E-state index in [4.69, 9.17) is 23.4 Å². The van der Waals surface area contributed by atoms with Gasteiger partial charge < -0.3 is 23.4 Å². The summed E-state index contributed by atoms with van der Waals surface area (Å²) < 4.78 is 30.6. The van der Waals surface area contributed by atoms with Crippen molar-refractivity contribution in [2.45, 2.75) is 116 Å². The molecule has 0 bridgehead atoms. The van der Waals surface area contributed by atoms with Crippen molar-refractivity contribution < 1.29 is 17.7 Å². The summed E-state index contributed by atoms with van der Waals surface area (Å²) in [6.07, 6.45) is 2.13. The number of anilines is 1. The second kappa shape index (κ2) is 11.0. The summed E-state index contributed by atoms with van der Waals surface area (Å²) in [6, 6.07) is 0. The van der Waals surface area contributed by atoms with Crippen LogP contribution in [0, 0.1) is 17.4 Å². The molecule has 2 aliphatic rings. The zero-order chi connectivity index (χ0) is 28.9. The highest BCUT2D eigenvalue weighted by atomic mass is 28.5. The maximum absolute atomic E-state index is 7.41. The molecular formula is C27H47N5O4Si3. The minimum atomic E-state index is -2.83. The molecule has 2 aromatic rings. The fourth-order valence-corrected chi connectivity index (χ4v) is 17.7. The summed E-state index contributed by atoms with van der Waals surface area (Å²) in [6.45, 7) is 25.0. The van der Waals surface area contributed by atoms with Gasteiger partial charge in [-0.25, -0.2) is 15.0 Å². The van der Waals surface area contributed by atoms with Crippen molar-refractivity contribution >= 4 is 42.2 Å². The quantitative estimate of drug-likeness (QED) is 0.347. The van der Waals surface area contributed by atoms with Crippen molar-refractivity contribution in [2.75, 3.05) is 12.3 Å². The second-order valence-electron chi connectivity index (χ2n) is 13.3. The fraction of sp³-hybridized carbons (Fsp3) is 0.741. The van der Waals surface area contributed by atoms with Gasteiger partial charge in [-0.05, 0) is 22.2 Å². The maximum Gasteiger partial charge on any atom is 0.335 e. The lowest BCUT2D eigenvalue weighted by molar-refractivity contribution is -0.0547. The van der Waals surface area contributed by atoms with Gasteiger partial charge >= 0.3 is 17.1 Å². The third kappa shape index (κ3) is 5.51. The first-order chi connectivity index (χ1) is 18.1. The molecule has 0 saturated carbocycles. The van der Waals surface area contributed by atoms with Crippen LogP contribution in [0.4, 0.5) is 5.82 Å². The van der Waals surface area contributed by atoms with Gasteiger partial charge in [0.05, 0.1) is 25.0 Å². The molecule has 4 rings (SSSR count). The van der Waals surface area contributed by atoms with Crippen molar-refractivity contribution in [1.29, 1.82) is 0 Å². The van der Waals surface area contributed by atoms with Gasteiger partial charge in [0.1, 0.15) is 26.0 Å². The van der Waals surface area contributed by atoms with E-state index in [1.165, 1.54) is 6.33 Å². The molecule has 2 N–H and O–H groups in total. The molecule has 0 radical (unpaired) electrons. The Morgan fingerprint density at radius 3 is 2.13 bits per heavy atom. The van der Waals surface area contributed by atoms with E-state index in [2.05, 4.69) is 101 Å². The number of hydrogen-bond acceptors (Lipinski definition) is 8. The molecule has 9 nitrogen and oxygen atoms in total. The predicted molar refractivity (Wildman–Crippen MR) is 162 cm³/mol. The van der Waals surface area contributed by atoms with Gasteiger partial charge in [0.2, 0.25) is 0 Å². The van der Waals surface area contributed by atoms with Crippen molar-refractivity contribution in [3.05, 3.63) is 12.7 Å². The third-order valence-corrected chi connectivity index (χ3v) is 19.1. The lowest BCUT2D eigenvalue weighted by Gasteiger charge is -2.51.